The van der Waals surface area contributed by atoms with Crippen LogP contribution in [-0.4, -0.2) is 37.4 Å². The number of nitrogens with zero attached hydrogens (tertiary/aromatic N) is 1. The zero-order valence-corrected chi connectivity index (χ0v) is 14.4. The van der Waals surface area contributed by atoms with Gasteiger partial charge < -0.3 is 15.5 Å². The molecule has 1 aliphatic rings. The fourth-order valence-electron chi connectivity index (χ4n) is 2.88. The molecule has 6 heteroatoms. The highest BCUT2D eigenvalue weighted by Crippen LogP contribution is 2.22. The van der Waals surface area contributed by atoms with E-state index in [-0.39, 0.29) is 17.7 Å². The highest BCUT2D eigenvalue weighted by Gasteiger charge is 2.22. The predicted octanol–water partition coefficient (Wildman–Crippen LogP) is 1.97. The van der Waals surface area contributed by atoms with Gasteiger partial charge in [0.2, 0.25) is 5.91 Å². The molecule has 26 heavy (non-hydrogen) atoms. The minimum atomic E-state index is -0.229. The molecule has 2 N–H and O–H groups in total. The van der Waals surface area contributed by atoms with E-state index in [2.05, 4.69) is 10.6 Å². The molecule has 3 rings (SSSR count). The molecule has 0 spiro atoms. The number of anilines is 1. The van der Waals surface area contributed by atoms with Gasteiger partial charge in [0.15, 0.2) is 0 Å². The quantitative estimate of drug-likeness (QED) is 0.781. The Balaban J connectivity index is 1.49. The highest BCUT2D eigenvalue weighted by atomic mass is 16.2. The third-order valence-corrected chi connectivity index (χ3v) is 4.23. The number of benzene rings is 2. The first-order valence-electron chi connectivity index (χ1n) is 8.67. The van der Waals surface area contributed by atoms with Crippen molar-refractivity contribution >= 4 is 23.4 Å². The van der Waals surface area contributed by atoms with Crippen molar-refractivity contribution in [2.75, 3.05) is 24.5 Å². The molecule has 6 nitrogen and oxygen atoms in total. The minimum absolute atomic E-state index is 0.0891. The standard InChI is InChI=1S/C20H21N3O3/c24-18-10-5-13-23(18)17-9-4-8-16(14-17)20(26)22-12-11-21-19(25)15-6-2-1-3-7-15/h1-4,6-9,14H,5,10-13H2,(H,21,25)(H,22,26). The van der Waals surface area contributed by atoms with Gasteiger partial charge in [-0.2, -0.15) is 0 Å². The summed E-state index contributed by atoms with van der Waals surface area (Å²) in [5.41, 5.74) is 1.83. The lowest BCUT2D eigenvalue weighted by Crippen LogP contribution is -2.34. The molecule has 1 aliphatic heterocycles. The summed E-state index contributed by atoms with van der Waals surface area (Å²) in [5.74, 6) is -0.312. The first-order valence-corrected chi connectivity index (χ1v) is 8.67. The SMILES string of the molecule is O=C(NCCNC(=O)c1cccc(N2CCCC2=O)c1)c1ccccc1. The monoisotopic (exact) mass is 351 g/mol. The van der Waals surface area contributed by atoms with Gasteiger partial charge in [-0.1, -0.05) is 24.3 Å². The van der Waals surface area contributed by atoms with E-state index in [0.717, 1.165) is 12.1 Å². The molecule has 1 saturated heterocycles. The summed E-state index contributed by atoms with van der Waals surface area (Å²) >= 11 is 0. The summed E-state index contributed by atoms with van der Waals surface area (Å²) in [5, 5.41) is 5.54. The number of nitrogens with one attached hydrogen (secondary N) is 2. The van der Waals surface area contributed by atoms with E-state index in [1.807, 2.05) is 12.1 Å². The third-order valence-electron chi connectivity index (χ3n) is 4.23. The Morgan fingerprint density at radius 1 is 0.885 bits per heavy atom. The molecule has 0 aromatic heterocycles. The average molecular weight is 351 g/mol. The Morgan fingerprint density at radius 3 is 2.19 bits per heavy atom. The highest BCUT2D eigenvalue weighted by molar-refractivity contribution is 5.99. The summed E-state index contributed by atoms with van der Waals surface area (Å²) < 4.78 is 0. The normalized spacial score (nSPS) is 13.5. The molecular weight excluding hydrogens is 330 g/mol. The lowest BCUT2D eigenvalue weighted by atomic mass is 10.1. The molecule has 0 saturated carbocycles. The molecule has 2 aromatic carbocycles. The lowest BCUT2D eigenvalue weighted by molar-refractivity contribution is -0.117. The first-order chi connectivity index (χ1) is 12.6. The number of hydrogen-bond donors (Lipinski definition) is 2. The smallest absolute Gasteiger partial charge is 0.251 e. The Bertz CT molecular complexity index is 805. The fraction of sp³-hybridized carbons (Fsp3) is 0.250. The second-order valence-corrected chi connectivity index (χ2v) is 6.08. The molecule has 2 aromatic rings. The second-order valence-electron chi connectivity index (χ2n) is 6.08. The van der Waals surface area contributed by atoms with Gasteiger partial charge in [0.25, 0.3) is 11.8 Å². The van der Waals surface area contributed by atoms with E-state index < -0.39 is 0 Å². The van der Waals surface area contributed by atoms with Crippen LogP contribution in [0.25, 0.3) is 0 Å². The van der Waals surface area contributed by atoms with Gasteiger partial charge in [-0.25, -0.2) is 0 Å². The molecule has 0 bridgehead atoms. The fourth-order valence-corrected chi connectivity index (χ4v) is 2.88. The lowest BCUT2D eigenvalue weighted by Gasteiger charge is -2.16. The van der Waals surface area contributed by atoms with Gasteiger partial charge in [0.05, 0.1) is 0 Å². The van der Waals surface area contributed by atoms with Crippen molar-refractivity contribution in [3.63, 3.8) is 0 Å². The van der Waals surface area contributed by atoms with Gasteiger partial charge in [0.1, 0.15) is 0 Å². The number of amides is 3. The minimum Gasteiger partial charge on any atom is -0.350 e. The van der Waals surface area contributed by atoms with E-state index in [4.69, 9.17) is 0 Å². The summed E-state index contributed by atoms with van der Waals surface area (Å²) in [7, 11) is 0. The van der Waals surface area contributed by atoms with E-state index >= 15 is 0 Å². The van der Waals surface area contributed by atoms with Crippen LogP contribution in [0.15, 0.2) is 54.6 Å². The number of hydrogen-bond acceptors (Lipinski definition) is 3. The Hall–Kier alpha value is -3.15. The summed E-state index contributed by atoms with van der Waals surface area (Å²) in [6.45, 7) is 1.35. The van der Waals surface area contributed by atoms with Crippen molar-refractivity contribution in [3.05, 3.63) is 65.7 Å². The van der Waals surface area contributed by atoms with E-state index in [9.17, 15) is 14.4 Å². The van der Waals surface area contributed by atoms with Crippen LogP contribution >= 0.6 is 0 Å². The van der Waals surface area contributed by atoms with Crippen LogP contribution in [0.1, 0.15) is 33.6 Å². The van der Waals surface area contributed by atoms with Crippen LogP contribution in [0.4, 0.5) is 5.69 Å². The average Bonchev–Trinajstić information content (AvgIpc) is 3.11. The second kappa shape index (κ2) is 8.29. The summed E-state index contributed by atoms with van der Waals surface area (Å²) in [6.07, 6.45) is 1.40. The topological polar surface area (TPSA) is 78.5 Å². The van der Waals surface area contributed by atoms with Crippen molar-refractivity contribution in [1.82, 2.24) is 10.6 Å². The van der Waals surface area contributed by atoms with E-state index in [1.54, 1.807) is 47.4 Å². The van der Waals surface area contributed by atoms with Crippen LogP contribution < -0.4 is 15.5 Å². The molecule has 0 radical (unpaired) electrons. The molecule has 0 atom stereocenters. The summed E-state index contributed by atoms with van der Waals surface area (Å²) in [6, 6.07) is 16.0. The molecule has 134 valence electrons. The van der Waals surface area contributed by atoms with Crippen LogP contribution in [-0.2, 0) is 4.79 Å². The molecule has 0 unspecified atom stereocenters. The maximum absolute atomic E-state index is 12.3. The summed E-state index contributed by atoms with van der Waals surface area (Å²) in [4.78, 5) is 37.7. The zero-order valence-electron chi connectivity index (χ0n) is 14.4. The van der Waals surface area contributed by atoms with Gasteiger partial charge in [-0.15, -0.1) is 0 Å². The number of carbonyl (C=O) groups excluding carboxylic acids is 3. The van der Waals surface area contributed by atoms with Crippen LogP contribution in [0.2, 0.25) is 0 Å². The zero-order chi connectivity index (χ0) is 18.4. The van der Waals surface area contributed by atoms with E-state index in [0.29, 0.717) is 37.2 Å². The van der Waals surface area contributed by atoms with Gasteiger partial charge >= 0.3 is 0 Å². The van der Waals surface area contributed by atoms with Gasteiger partial charge in [-0.3, -0.25) is 14.4 Å². The number of carbonyl (C=O) groups is 3. The van der Waals surface area contributed by atoms with E-state index in [1.165, 1.54) is 0 Å². The Labute approximate surface area is 152 Å². The van der Waals surface area contributed by atoms with Crippen molar-refractivity contribution in [2.45, 2.75) is 12.8 Å². The Morgan fingerprint density at radius 2 is 1.54 bits per heavy atom. The first kappa shape index (κ1) is 17.7. The third kappa shape index (κ3) is 4.27. The van der Waals surface area contributed by atoms with Crippen molar-refractivity contribution in [2.24, 2.45) is 0 Å². The van der Waals surface area contributed by atoms with Gasteiger partial charge in [-0.05, 0) is 36.8 Å². The van der Waals surface area contributed by atoms with Crippen LogP contribution in [0, 0.1) is 0 Å². The van der Waals surface area contributed by atoms with Crippen molar-refractivity contribution in [1.29, 1.82) is 0 Å². The molecule has 1 fully saturated rings. The molecule has 1 heterocycles. The number of rotatable bonds is 6. The maximum Gasteiger partial charge on any atom is 0.251 e. The Kier molecular flexibility index (Phi) is 5.63. The van der Waals surface area contributed by atoms with Crippen molar-refractivity contribution < 1.29 is 14.4 Å². The molecule has 0 aliphatic carbocycles. The van der Waals surface area contributed by atoms with Crippen LogP contribution in [0.5, 0.6) is 0 Å². The van der Waals surface area contributed by atoms with Gasteiger partial charge in [0, 0.05) is 42.9 Å². The molecule has 3 amide bonds. The van der Waals surface area contributed by atoms with Crippen molar-refractivity contribution in [3.8, 4) is 0 Å². The largest absolute Gasteiger partial charge is 0.350 e. The predicted molar refractivity (Wildman–Crippen MR) is 99.1 cm³/mol. The maximum atomic E-state index is 12.3. The molecular formula is C20H21N3O3. The van der Waals surface area contributed by atoms with Crippen LogP contribution in [0.3, 0.4) is 0 Å².